The lowest BCUT2D eigenvalue weighted by atomic mass is 10.1. The second-order valence-corrected chi connectivity index (χ2v) is 5.52. The van der Waals surface area contributed by atoms with Crippen molar-refractivity contribution in [2.45, 2.75) is 0 Å². The quantitative estimate of drug-likeness (QED) is 0.715. The first-order chi connectivity index (χ1) is 12.1. The lowest BCUT2D eigenvalue weighted by Gasteiger charge is -2.10. The summed E-state index contributed by atoms with van der Waals surface area (Å²) in [4.78, 5) is 8.52. The molecule has 0 aliphatic carbocycles. The number of anilines is 2. The fraction of sp³-hybridized carbons (Fsp3) is 0.111. The summed E-state index contributed by atoms with van der Waals surface area (Å²) in [5.74, 6) is 1.02. The molecule has 128 valence electrons. The van der Waals surface area contributed by atoms with Gasteiger partial charge in [0, 0.05) is 24.0 Å². The minimum Gasteiger partial charge on any atom is -0.495 e. The smallest absolute Gasteiger partial charge is 0.227 e. The molecule has 1 aromatic heterocycles. The van der Waals surface area contributed by atoms with Crippen LogP contribution in [-0.2, 0) is 0 Å². The Balaban J connectivity index is 1.85. The number of aromatic nitrogens is 2. The van der Waals surface area contributed by atoms with E-state index >= 15 is 0 Å². The highest BCUT2D eigenvalue weighted by molar-refractivity contribution is 6.32. The fourth-order valence-electron chi connectivity index (χ4n) is 2.28. The molecule has 1 heterocycles. The third kappa shape index (κ3) is 3.80. The molecular weight excluding hydrogens is 345 g/mol. The van der Waals surface area contributed by atoms with Crippen molar-refractivity contribution in [1.29, 1.82) is 0 Å². The van der Waals surface area contributed by atoms with Crippen LogP contribution in [0.3, 0.4) is 0 Å². The van der Waals surface area contributed by atoms with E-state index < -0.39 is 0 Å². The Morgan fingerprint density at radius 2 is 1.64 bits per heavy atom. The molecule has 25 heavy (non-hydrogen) atoms. The third-order valence-corrected chi connectivity index (χ3v) is 3.86. The van der Waals surface area contributed by atoms with Gasteiger partial charge < -0.3 is 14.8 Å². The van der Waals surface area contributed by atoms with Crippen molar-refractivity contribution in [3.63, 3.8) is 0 Å². The Hall–Kier alpha value is -2.86. The molecule has 0 bridgehead atoms. The number of benzene rings is 2. The van der Waals surface area contributed by atoms with Crippen molar-refractivity contribution in [2.75, 3.05) is 19.5 Å². The number of ether oxygens (including phenoxy) is 2. The average Bonchev–Trinajstić information content (AvgIpc) is 2.63. The second-order valence-electron chi connectivity index (χ2n) is 5.11. The summed E-state index contributed by atoms with van der Waals surface area (Å²) in [6.45, 7) is 0. The van der Waals surface area contributed by atoms with E-state index in [1.165, 1.54) is 25.3 Å². The summed E-state index contributed by atoms with van der Waals surface area (Å²) >= 11 is 6.03. The summed E-state index contributed by atoms with van der Waals surface area (Å²) in [5.41, 5.74) is 2.12. The summed E-state index contributed by atoms with van der Waals surface area (Å²) in [5, 5.41) is 3.47. The fourth-order valence-corrected chi connectivity index (χ4v) is 2.47. The minimum atomic E-state index is -0.381. The number of nitrogens with zero attached hydrogens (tertiary/aromatic N) is 2. The van der Waals surface area contributed by atoms with Crippen LogP contribution in [0, 0.1) is 5.82 Å². The van der Waals surface area contributed by atoms with E-state index in [1.54, 1.807) is 25.6 Å². The van der Waals surface area contributed by atoms with Gasteiger partial charge in [0.1, 0.15) is 17.3 Å². The van der Waals surface area contributed by atoms with Crippen LogP contribution in [0.4, 0.5) is 16.0 Å². The van der Waals surface area contributed by atoms with E-state index in [1.807, 2.05) is 12.1 Å². The first-order valence-electron chi connectivity index (χ1n) is 7.37. The molecule has 0 fully saturated rings. The number of halogens is 2. The van der Waals surface area contributed by atoms with Gasteiger partial charge in [0.15, 0.2) is 0 Å². The first kappa shape index (κ1) is 17.0. The zero-order chi connectivity index (χ0) is 17.8. The monoisotopic (exact) mass is 359 g/mol. The molecule has 0 aliphatic heterocycles. The summed E-state index contributed by atoms with van der Waals surface area (Å²) < 4.78 is 23.8. The molecule has 0 unspecified atom stereocenters. The van der Waals surface area contributed by atoms with Crippen LogP contribution in [0.15, 0.2) is 48.8 Å². The van der Waals surface area contributed by atoms with Crippen LogP contribution < -0.4 is 14.8 Å². The highest BCUT2D eigenvalue weighted by Crippen LogP contribution is 2.31. The topological polar surface area (TPSA) is 56.3 Å². The predicted octanol–water partition coefficient (Wildman–Crippen LogP) is 4.70. The van der Waals surface area contributed by atoms with E-state index in [0.717, 1.165) is 11.1 Å². The highest BCUT2D eigenvalue weighted by Gasteiger charge is 2.08. The molecule has 7 heteroatoms. The Morgan fingerprint density at radius 3 is 2.32 bits per heavy atom. The van der Waals surface area contributed by atoms with Gasteiger partial charge in [-0.3, -0.25) is 0 Å². The van der Waals surface area contributed by atoms with Crippen LogP contribution in [0.1, 0.15) is 0 Å². The Labute approximate surface area is 149 Å². The Bertz CT molecular complexity index is 888. The molecule has 0 amide bonds. The Kier molecular flexibility index (Phi) is 5.00. The molecule has 0 radical (unpaired) electrons. The van der Waals surface area contributed by atoms with Crippen molar-refractivity contribution in [1.82, 2.24) is 9.97 Å². The van der Waals surface area contributed by atoms with Crippen LogP contribution in [0.25, 0.3) is 11.1 Å². The average molecular weight is 360 g/mol. The standard InChI is InChI=1S/C18H15ClFN3O2/c1-24-16-6-4-13(20)8-15(16)23-18-21-9-12(10-22-18)11-3-5-14(19)17(7-11)25-2/h3-10H,1-2H3,(H,21,22,23). The van der Waals surface area contributed by atoms with Gasteiger partial charge in [0.05, 0.1) is 24.9 Å². The van der Waals surface area contributed by atoms with Gasteiger partial charge in [-0.25, -0.2) is 14.4 Å². The molecule has 0 saturated heterocycles. The summed E-state index contributed by atoms with van der Waals surface area (Å²) in [6, 6.07) is 9.59. The zero-order valence-electron chi connectivity index (χ0n) is 13.6. The van der Waals surface area contributed by atoms with Gasteiger partial charge in [-0.05, 0) is 29.8 Å². The van der Waals surface area contributed by atoms with E-state index in [0.29, 0.717) is 28.2 Å². The molecule has 0 saturated carbocycles. The number of nitrogens with one attached hydrogen (secondary N) is 1. The van der Waals surface area contributed by atoms with Crippen LogP contribution >= 0.6 is 11.6 Å². The highest BCUT2D eigenvalue weighted by atomic mass is 35.5. The third-order valence-electron chi connectivity index (χ3n) is 3.54. The number of methoxy groups -OCH3 is 2. The van der Waals surface area contributed by atoms with E-state index in [2.05, 4.69) is 15.3 Å². The molecule has 5 nitrogen and oxygen atoms in total. The Morgan fingerprint density at radius 1 is 0.920 bits per heavy atom. The molecule has 1 N–H and O–H groups in total. The molecule has 3 aromatic rings. The van der Waals surface area contributed by atoms with E-state index in [4.69, 9.17) is 21.1 Å². The number of hydrogen-bond donors (Lipinski definition) is 1. The molecule has 0 spiro atoms. The molecule has 2 aromatic carbocycles. The van der Waals surface area contributed by atoms with Crippen LogP contribution in [0.2, 0.25) is 5.02 Å². The molecule has 0 atom stereocenters. The summed E-state index contributed by atoms with van der Waals surface area (Å²) in [7, 11) is 3.07. The van der Waals surface area contributed by atoms with Gasteiger partial charge >= 0.3 is 0 Å². The zero-order valence-corrected chi connectivity index (χ0v) is 14.3. The van der Waals surface area contributed by atoms with E-state index in [-0.39, 0.29) is 5.82 Å². The van der Waals surface area contributed by atoms with Crippen LogP contribution in [-0.4, -0.2) is 24.2 Å². The summed E-state index contributed by atoms with van der Waals surface area (Å²) in [6.07, 6.45) is 3.31. The first-order valence-corrected chi connectivity index (χ1v) is 7.75. The largest absolute Gasteiger partial charge is 0.495 e. The molecule has 3 rings (SSSR count). The van der Waals surface area contributed by atoms with Crippen molar-refractivity contribution in [2.24, 2.45) is 0 Å². The van der Waals surface area contributed by atoms with Crippen LogP contribution in [0.5, 0.6) is 11.5 Å². The molecule has 0 aliphatic rings. The van der Waals surface area contributed by atoms with E-state index in [9.17, 15) is 4.39 Å². The maximum Gasteiger partial charge on any atom is 0.227 e. The number of hydrogen-bond acceptors (Lipinski definition) is 5. The maximum absolute atomic E-state index is 13.4. The maximum atomic E-state index is 13.4. The van der Waals surface area contributed by atoms with Crippen molar-refractivity contribution in [3.8, 4) is 22.6 Å². The lowest BCUT2D eigenvalue weighted by Crippen LogP contribution is -1.99. The number of rotatable bonds is 5. The van der Waals surface area contributed by atoms with Gasteiger partial charge in [-0.1, -0.05) is 17.7 Å². The lowest BCUT2D eigenvalue weighted by molar-refractivity contribution is 0.415. The van der Waals surface area contributed by atoms with Gasteiger partial charge in [-0.2, -0.15) is 0 Å². The van der Waals surface area contributed by atoms with Gasteiger partial charge in [-0.15, -0.1) is 0 Å². The van der Waals surface area contributed by atoms with Crippen molar-refractivity contribution < 1.29 is 13.9 Å². The van der Waals surface area contributed by atoms with Crippen molar-refractivity contribution >= 4 is 23.2 Å². The second kappa shape index (κ2) is 7.36. The normalized spacial score (nSPS) is 10.4. The van der Waals surface area contributed by atoms with Gasteiger partial charge in [0.25, 0.3) is 0 Å². The minimum absolute atomic E-state index is 0.327. The SMILES string of the molecule is COc1cc(-c2cnc(Nc3cc(F)ccc3OC)nc2)ccc1Cl. The van der Waals surface area contributed by atoms with Crippen molar-refractivity contribution in [3.05, 3.63) is 59.6 Å². The predicted molar refractivity (Wildman–Crippen MR) is 95.3 cm³/mol. The molecular formula is C18H15ClFN3O2. The van der Waals surface area contributed by atoms with Gasteiger partial charge in [0.2, 0.25) is 5.95 Å².